The zero-order valence-electron chi connectivity index (χ0n) is 13.2. The molecule has 0 saturated carbocycles. The standard InChI is InChI=1S/C16H28NO3P/c1-3-5-12-19-21(18,20-13-6-4-2)15-17-14-16-10-8-7-9-11-16/h7-11,17H,3-6,12-15H2,1-2H3. The van der Waals surface area contributed by atoms with Gasteiger partial charge in [0.1, 0.15) is 0 Å². The van der Waals surface area contributed by atoms with Crippen molar-refractivity contribution < 1.29 is 13.6 Å². The van der Waals surface area contributed by atoms with Crippen LogP contribution in [0.15, 0.2) is 30.3 Å². The molecule has 0 spiro atoms. The van der Waals surface area contributed by atoms with Gasteiger partial charge in [-0.1, -0.05) is 57.0 Å². The van der Waals surface area contributed by atoms with E-state index in [-0.39, 0.29) is 6.29 Å². The van der Waals surface area contributed by atoms with Crippen molar-refractivity contribution in [2.75, 3.05) is 19.5 Å². The van der Waals surface area contributed by atoms with Crippen LogP contribution in [0.2, 0.25) is 0 Å². The molecule has 0 heterocycles. The Kier molecular flexibility index (Phi) is 9.60. The maximum absolute atomic E-state index is 12.6. The first-order chi connectivity index (χ1) is 10.2. The van der Waals surface area contributed by atoms with Gasteiger partial charge in [-0.2, -0.15) is 0 Å². The van der Waals surface area contributed by atoms with Crippen LogP contribution in [0.5, 0.6) is 0 Å². The topological polar surface area (TPSA) is 47.6 Å². The third-order valence-corrected chi connectivity index (χ3v) is 4.81. The second-order valence-corrected chi connectivity index (χ2v) is 7.11. The van der Waals surface area contributed by atoms with Crippen LogP contribution in [-0.2, 0) is 20.2 Å². The van der Waals surface area contributed by atoms with E-state index in [9.17, 15) is 4.57 Å². The van der Waals surface area contributed by atoms with Gasteiger partial charge < -0.3 is 14.4 Å². The lowest BCUT2D eigenvalue weighted by atomic mass is 10.2. The third-order valence-electron chi connectivity index (χ3n) is 3.05. The van der Waals surface area contributed by atoms with E-state index < -0.39 is 7.60 Å². The Morgan fingerprint density at radius 2 is 1.57 bits per heavy atom. The Labute approximate surface area is 128 Å². The lowest BCUT2D eigenvalue weighted by molar-refractivity contribution is 0.198. The average Bonchev–Trinajstić information content (AvgIpc) is 2.49. The quantitative estimate of drug-likeness (QED) is 0.454. The Bertz CT molecular complexity index is 397. The molecule has 0 aliphatic heterocycles. The van der Waals surface area contributed by atoms with Crippen LogP contribution in [0.4, 0.5) is 0 Å². The van der Waals surface area contributed by atoms with Crippen molar-refractivity contribution in [1.82, 2.24) is 5.32 Å². The first kappa shape index (κ1) is 18.4. The lowest BCUT2D eigenvalue weighted by Gasteiger charge is -2.19. The monoisotopic (exact) mass is 313 g/mol. The van der Waals surface area contributed by atoms with Crippen LogP contribution in [0.25, 0.3) is 0 Å². The molecule has 0 atom stereocenters. The molecule has 4 nitrogen and oxygen atoms in total. The van der Waals surface area contributed by atoms with Crippen molar-refractivity contribution in [3.05, 3.63) is 35.9 Å². The van der Waals surface area contributed by atoms with Gasteiger partial charge in [0, 0.05) is 6.54 Å². The van der Waals surface area contributed by atoms with Gasteiger partial charge in [0.05, 0.1) is 19.5 Å². The minimum absolute atomic E-state index is 0.259. The van der Waals surface area contributed by atoms with E-state index in [1.807, 2.05) is 30.3 Å². The largest absolute Gasteiger partial charge is 0.344 e. The van der Waals surface area contributed by atoms with Crippen LogP contribution in [0.1, 0.15) is 45.1 Å². The maximum atomic E-state index is 12.6. The highest BCUT2D eigenvalue weighted by molar-refractivity contribution is 7.53. The fraction of sp³-hybridized carbons (Fsp3) is 0.625. The molecule has 0 aromatic heterocycles. The van der Waals surface area contributed by atoms with Crippen LogP contribution in [-0.4, -0.2) is 19.5 Å². The summed E-state index contributed by atoms with van der Waals surface area (Å²) in [5, 5.41) is 3.18. The van der Waals surface area contributed by atoms with Crippen LogP contribution in [0.3, 0.4) is 0 Å². The van der Waals surface area contributed by atoms with E-state index in [0.717, 1.165) is 31.2 Å². The number of benzene rings is 1. The molecule has 0 amide bonds. The fourth-order valence-electron chi connectivity index (χ4n) is 1.76. The number of nitrogens with one attached hydrogen (secondary N) is 1. The molecular weight excluding hydrogens is 285 g/mol. The molecule has 120 valence electrons. The minimum Gasteiger partial charge on any atom is -0.308 e. The number of hydrogen-bond acceptors (Lipinski definition) is 4. The molecule has 5 heteroatoms. The second-order valence-electron chi connectivity index (χ2n) is 5.05. The van der Waals surface area contributed by atoms with E-state index in [0.29, 0.717) is 19.8 Å². The molecule has 21 heavy (non-hydrogen) atoms. The summed E-state index contributed by atoms with van der Waals surface area (Å²) in [5.41, 5.74) is 1.16. The molecular formula is C16H28NO3P. The molecule has 0 aliphatic rings. The summed E-state index contributed by atoms with van der Waals surface area (Å²) in [4.78, 5) is 0. The average molecular weight is 313 g/mol. The molecule has 0 aliphatic carbocycles. The molecule has 0 fully saturated rings. The van der Waals surface area contributed by atoms with E-state index in [1.165, 1.54) is 0 Å². The number of hydrogen-bond donors (Lipinski definition) is 1. The summed E-state index contributed by atoms with van der Waals surface area (Å²) >= 11 is 0. The highest BCUT2D eigenvalue weighted by atomic mass is 31.2. The first-order valence-corrected chi connectivity index (χ1v) is 9.55. The summed E-state index contributed by atoms with van der Waals surface area (Å²) in [5.74, 6) is 0. The Morgan fingerprint density at radius 3 is 2.10 bits per heavy atom. The lowest BCUT2D eigenvalue weighted by Crippen LogP contribution is -2.18. The first-order valence-electron chi connectivity index (χ1n) is 7.83. The van der Waals surface area contributed by atoms with E-state index in [4.69, 9.17) is 9.05 Å². The molecule has 1 aromatic rings. The predicted molar refractivity (Wildman–Crippen MR) is 87.5 cm³/mol. The number of unbranched alkanes of at least 4 members (excludes halogenated alkanes) is 2. The molecule has 1 rings (SSSR count). The van der Waals surface area contributed by atoms with Crippen LogP contribution >= 0.6 is 7.60 Å². The van der Waals surface area contributed by atoms with E-state index in [2.05, 4.69) is 19.2 Å². The van der Waals surface area contributed by atoms with Crippen molar-refractivity contribution in [3.8, 4) is 0 Å². The van der Waals surface area contributed by atoms with Gasteiger partial charge >= 0.3 is 7.60 Å². The van der Waals surface area contributed by atoms with Crippen molar-refractivity contribution in [3.63, 3.8) is 0 Å². The van der Waals surface area contributed by atoms with Crippen molar-refractivity contribution in [2.45, 2.75) is 46.1 Å². The minimum atomic E-state index is -3.03. The third kappa shape index (κ3) is 8.37. The number of rotatable bonds is 12. The molecule has 0 bridgehead atoms. The zero-order chi connectivity index (χ0) is 15.4. The van der Waals surface area contributed by atoms with Gasteiger partial charge in [0.2, 0.25) is 0 Å². The Hall–Kier alpha value is -0.670. The van der Waals surface area contributed by atoms with Gasteiger partial charge in [0.25, 0.3) is 0 Å². The molecule has 0 saturated heterocycles. The zero-order valence-corrected chi connectivity index (χ0v) is 14.1. The Morgan fingerprint density at radius 1 is 1.00 bits per heavy atom. The molecule has 1 aromatic carbocycles. The Balaban J connectivity index is 2.41. The summed E-state index contributed by atoms with van der Waals surface area (Å²) in [7, 11) is -3.03. The molecule has 1 N–H and O–H groups in total. The smallest absolute Gasteiger partial charge is 0.308 e. The van der Waals surface area contributed by atoms with Gasteiger partial charge in [-0.3, -0.25) is 4.57 Å². The van der Waals surface area contributed by atoms with Crippen molar-refractivity contribution in [2.24, 2.45) is 0 Å². The van der Waals surface area contributed by atoms with Gasteiger partial charge in [0.15, 0.2) is 0 Å². The second kappa shape index (κ2) is 11.0. The van der Waals surface area contributed by atoms with Crippen molar-refractivity contribution in [1.29, 1.82) is 0 Å². The maximum Gasteiger partial charge on any atom is 0.344 e. The summed E-state index contributed by atoms with van der Waals surface area (Å²) < 4.78 is 23.7. The highest BCUT2D eigenvalue weighted by Crippen LogP contribution is 2.47. The summed E-state index contributed by atoms with van der Waals surface area (Å²) in [6, 6.07) is 10.0. The molecule has 0 radical (unpaired) electrons. The fourth-order valence-corrected chi connectivity index (χ4v) is 3.21. The van der Waals surface area contributed by atoms with Gasteiger partial charge in [-0.25, -0.2) is 0 Å². The SMILES string of the molecule is CCCCOP(=O)(CNCc1ccccc1)OCCCC. The highest BCUT2D eigenvalue weighted by Gasteiger charge is 2.23. The summed E-state index contributed by atoms with van der Waals surface area (Å²) in [6.45, 7) is 5.82. The molecule has 0 unspecified atom stereocenters. The van der Waals surface area contributed by atoms with Crippen LogP contribution < -0.4 is 5.32 Å². The van der Waals surface area contributed by atoms with Crippen molar-refractivity contribution >= 4 is 7.60 Å². The van der Waals surface area contributed by atoms with Crippen LogP contribution in [0, 0.1) is 0 Å². The van der Waals surface area contributed by atoms with E-state index >= 15 is 0 Å². The summed E-state index contributed by atoms with van der Waals surface area (Å²) in [6.07, 6.45) is 4.10. The van der Waals surface area contributed by atoms with Gasteiger partial charge in [-0.15, -0.1) is 0 Å². The normalized spacial score (nSPS) is 11.7. The van der Waals surface area contributed by atoms with E-state index in [1.54, 1.807) is 0 Å². The predicted octanol–water partition coefficient (Wildman–Crippen LogP) is 4.56. The van der Waals surface area contributed by atoms with Gasteiger partial charge in [-0.05, 0) is 18.4 Å².